The van der Waals surface area contributed by atoms with Gasteiger partial charge in [-0.05, 0) is 36.8 Å². The lowest BCUT2D eigenvalue weighted by Crippen LogP contribution is -2.11. The quantitative estimate of drug-likeness (QED) is 0.609. The summed E-state index contributed by atoms with van der Waals surface area (Å²) < 4.78 is 14.0. The zero-order valence-electron chi connectivity index (χ0n) is 11.4. The molecular formula is C16H10Cl2FNOS. The average Bonchev–Trinajstić information content (AvgIpc) is 2.80. The second kappa shape index (κ2) is 5.88. The Morgan fingerprint density at radius 2 is 2.00 bits per heavy atom. The molecule has 0 saturated carbocycles. The fraction of sp³-hybridized carbons (Fsp3) is 0.0625. The first kappa shape index (κ1) is 15.3. The molecule has 0 atom stereocenters. The highest BCUT2D eigenvalue weighted by atomic mass is 35.5. The largest absolute Gasteiger partial charge is 0.320 e. The van der Waals surface area contributed by atoms with Crippen LogP contribution in [0.1, 0.15) is 15.2 Å². The van der Waals surface area contributed by atoms with E-state index in [1.165, 1.54) is 23.5 Å². The van der Waals surface area contributed by atoms with Gasteiger partial charge in [0.25, 0.3) is 5.91 Å². The van der Waals surface area contributed by atoms with Crippen molar-refractivity contribution >= 4 is 56.2 Å². The smallest absolute Gasteiger partial charge is 0.267 e. The molecular weight excluding hydrogens is 344 g/mol. The molecule has 2 aromatic carbocycles. The normalized spacial score (nSPS) is 10.9. The van der Waals surface area contributed by atoms with Crippen LogP contribution in [0.5, 0.6) is 0 Å². The van der Waals surface area contributed by atoms with Crippen molar-refractivity contribution in [1.82, 2.24) is 0 Å². The van der Waals surface area contributed by atoms with Crippen LogP contribution in [0.3, 0.4) is 0 Å². The second-order valence-corrected chi connectivity index (χ2v) is 6.61. The van der Waals surface area contributed by atoms with Crippen LogP contribution in [0.15, 0.2) is 36.4 Å². The summed E-state index contributed by atoms with van der Waals surface area (Å²) in [6.45, 7) is 1.94. The summed E-state index contributed by atoms with van der Waals surface area (Å²) >= 11 is 13.6. The molecule has 0 aliphatic heterocycles. The summed E-state index contributed by atoms with van der Waals surface area (Å²) in [5.74, 6) is -0.822. The second-order valence-electron chi connectivity index (χ2n) is 4.77. The third kappa shape index (κ3) is 2.70. The molecule has 6 heteroatoms. The van der Waals surface area contributed by atoms with Crippen LogP contribution in [0.25, 0.3) is 10.1 Å². The molecule has 1 N–H and O–H groups in total. The topological polar surface area (TPSA) is 29.1 Å². The number of benzene rings is 2. The van der Waals surface area contributed by atoms with Gasteiger partial charge >= 0.3 is 0 Å². The summed E-state index contributed by atoms with van der Waals surface area (Å²) in [6, 6.07) is 9.58. The Morgan fingerprint density at radius 1 is 1.23 bits per heavy atom. The Morgan fingerprint density at radius 3 is 2.68 bits per heavy atom. The predicted molar refractivity (Wildman–Crippen MR) is 90.9 cm³/mol. The van der Waals surface area contributed by atoms with E-state index in [1.54, 1.807) is 0 Å². The van der Waals surface area contributed by atoms with Crippen LogP contribution in [-0.4, -0.2) is 5.91 Å². The minimum Gasteiger partial charge on any atom is -0.320 e. The first-order valence-corrected chi connectivity index (χ1v) is 7.98. The molecule has 1 amide bonds. The number of nitrogens with one attached hydrogen (secondary N) is 1. The van der Waals surface area contributed by atoms with Crippen molar-refractivity contribution in [2.24, 2.45) is 0 Å². The minimum absolute atomic E-state index is 0.141. The summed E-state index contributed by atoms with van der Waals surface area (Å²) in [4.78, 5) is 12.8. The molecule has 3 rings (SSSR count). The maximum Gasteiger partial charge on any atom is 0.267 e. The van der Waals surface area contributed by atoms with Crippen molar-refractivity contribution in [1.29, 1.82) is 0 Å². The van der Waals surface area contributed by atoms with E-state index in [2.05, 4.69) is 5.32 Å². The van der Waals surface area contributed by atoms with E-state index < -0.39 is 5.82 Å². The first-order valence-electron chi connectivity index (χ1n) is 6.41. The highest BCUT2D eigenvalue weighted by Gasteiger charge is 2.19. The lowest BCUT2D eigenvalue weighted by Gasteiger charge is -2.06. The zero-order valence-corrected chi connectivity index (χ0v) is 13.7. The van der Waals surface area contributed by atoms with E-state index in [0.717, 1.165) is 21.7 Å². The van der Waals surface area contributed by atoms with Gasteiger partial charge < -0.3 is 5.32 Å². The molecule has 0 aliphatic carbocycles. The molecule has 22 heavy (non-hydrogen) atoms. The lowest BCUT2D eigenvalue weighted by molar-refractivity contribution is 0.103. The van der Waals surface area contributed by atoms with Crippen molar-refractivity contribution in [2.75, 3.05) is 5.32 Å². The number of aryl methyl sites for hydroxylation is 1. The maximum atomic E-state index is 13.0. The Kier molecular flexibility index (Phi) is 4.08. The molecule has 0 aliphatic rings. The highest BCUT2D eigenvalue weighted by Crippen LogP contribution is 2.37. The number of carbonyl (C=O) groups is 1. The van der Waals surface area contributed by atoms with Crippen LogP contribution >= 0.6 is 34.5 Å². The third-order valence-electron chi connectivity index (χ3n) is 3.25. The number of carbonyl (C=O) groups excluding carboxylic acids is 1. The van der Waals surface area contributed by atoms with Gasteiger partial charge in [-0.25, -0.2) is 4.39 Å². The van der Waals surface area contributed by atoms with Crippen molar-refractivity contribution in [3.05, 3.63) is 62.7 Å². The summed E-state index contributed by atoms with van der Waals surface area (Å²) in [6.07, 6.45) is 0. The van der Waals surface area contributed by atoms with Gasteiger partial charge in [-0.15, -0.1) is 11.3 Å². The molecule has 0 bridgehead atoms. The van der Waals surface area contributed by atoms with Crippen LogP contribution in [0.4, 0.5) is 10.1 Å². The fourth-order valence-corrected chi connectivity index (χ4v) is 3.98. The molecule has 3 aromatic rings. The molecule has 1 heterocycles. The molecule has 0 spiro atoms. The lowest BCUT2D eigenvalue weighted by atomic mass is 10.1. The number of hydrogen-bond donors (Lipinski definition) is 1. The van der Waals surface area contributed by atoms with Gasteiger partial charge in [0.15, 0.2) is 0 Å². The standard InChI is InChI=1S/C16H10Cl2FNOS/c1-8-3-2-4-12-13(8)14(18)15(22-12)16(21)20-11-6-5-9(19)7-10(11)17/h2-7H,1H3,(H,20,21). The molecule has 2 nitrogen and oxygen atoms in total. The van der Waals surface area contributed by atoms with Gasteiger partial charge in [-0.2, -0.15) is 0 Å². The van der Waals surface area contributed by atoms with E-state index in [9.17, 15) is 9.18 Å². The van der Waals surface area contributed by atoms with E-state index in [4.69, 9.17) is 23.2 Å². The van der Waals surface area contributed by atoms with Gasteiger partial charge in [0.2, 0.25) is 0 Å². The Bertz CT molecular complexity index is 891. The van der Waals surface area contributed by atoms with Gasteiger partial charge in [0.05, 0.1) is 15.7 Å². The van der Waals surface area contributed by atoms with Crippen molar-refractivity contribution < 1.29 is 9.18 Å². The Labute approximate surface area is 140 Å². The van der Waals surface area contributed by atoms with Gasteiger partial charge in [0.1, 0.15) is 10.7 Å². The average molecular weight is 354 g/mol. The van der Waals surface area contributed by atoms with Crippen LogP contribution in [0.2, 0.25) is 10.0 Å². The number of rotatable bonds is 2. The predicted octanol–water partition coefficient (Wildman–Crippen LogP) is 5.91. The number of thiophene rings is 1. The summed E-state index contributed by atoms with van der Waals surface area (Å²) in [7, 11) is 0. The SMILES string of the molecule is Cc1cccc2sc(C(=O)Nc3ccc(F)cc3Cl)c(Cl)c12. The molecule has 1 aromatic heterocycles. The van der Waals surface area contributed by atoms with Gasteiger partial charge in [0, 0.05) is 10.1 Å². The van der Waals surface area contributed by atoms with Gasteiger partial charge in [-0.3, -0.25) is 4.79 Å². The first-order chi connectivity index (χ1) is 10.5. The minimum atomic E-state index is -0.460. The molecule has 0 fully saturated rings. The van der Waals surface area contributed by atoms with Crippen LogP contribution in [-0.2, 0) is 0 Å². The van der Waals surface area contributed by atoms with Crippen molar-refractivity contribution in [3.8, 4) is 0 Å². The van der Waals surface area contributed by atoms with E-state index in [1.807, 2.05) is 25.1 Å². The number of anilines is 1. The third-order valence-corrected chi connectivity index (χ3v) is 5.21. The number of hydrogen-bond acceptors (Lipinski definition) is 2. The van der Waals surface area contributed by atoms with Crippen LogP contribution < -0.4 is 5.32 Å². The zero-order chi connectivity index (χ0) is 15.9. The molecule has 0 radical (unpaired) electrons. The monoisotopic (exact) mass is 353 g/mol. The Hall–Kier alpha value is -1.62. The number of amides is 1. The number of halogens is 3. The fourth-order valence-electron chi connectivity index (χ4n) is 2.19. The van der Waals surface area contributed by atoms with E-state index in [0.29, 0.717) is 15.6 Å². The van der Waals surface area contributed by atoms with E-state index in [-0.39, 0.29) is 10.9 Å². The number of fused-ring (bicyclic) bond motifs is 1. The van der Waals surface area contributed by atoms with Gasteiger partial charge in [-0.1, -0.05) is 35.3 Å². The summed E-state index contributed by atoms with van der Waals surface area (Å²) in [5.41, 5.74) is 1.36. The van der Waals surface area contributed by atoms with Crippen molar-refractivity contribution in [2.45, 2.75) is 6.92 Å². The maximum absolute atomic E-state index is 13.0. The van der Waals surface area contributed by atoms with E-state index >= 15 is 0 Å². The Balaban J connectivity index is 1.99. The molecule has 0 unspecified atom stereocenters. The molecule has 0 saturated heterocycles. The molecule has 112 valence electrons. The summed E-state index contributed by atoms with van der Waals surface area (Å²) in [5, 5.41) is 4.11. The highest BCUT2D eigenvalue weighted by molar-refractivity contribution is 7.21. The van der Waals surface area contributed by atoms with Crippen molar-refractivity contribution in [3.63, 3.8) is 0 Å². The van der Waals surface area contributed by atoms with Crippen LogP contribution in [0, 0.1) is 12.7 Å².